The van der Waals surface area contributed by atoms with Crippen LogP contribution in [-0.4, -0.2) is 33.7 Å². The van der Waals surface area contributed by atoms with Crippen LogP contribution in [0.15, 0.2) is 48.5 Å². The second-order valence-electron chi connectivity index (χ2n) is 6.40. The summed E-state index contributed by atoms with van der Waals surface area (Å²) in [7, 11) is -3.58. The summed E-state index contributed by atoms with van der Waals surface area (Å²) < 4.78 is 30.8. The zero-order valence-electron chi connectivity index (χ0n) is 16.1. The minimum absolute atomic E-state index is 0.257. The van der Waals surface area contributed by atoms with E-state index in [0.29, 0.717) is 12.3 Å². The van der Waals surface area contributed by atoms with Crippen molar-refractivity contribution in [3.05, 3.63) is 59.7 Å². The maximum atomic E-state index is 12.5. The van der Waals surface area contributed by atoms with Crippen LogP contribution in [-0.2, 0) is 14.8 Å². The Hall–Kier alpha value is -2.54. The number of aryl methyl sites for hydroxylation is 1. The van der Waals surface area contributed by atoms with Crippen LogP contribution in [0.4, 0.5) is 5.69 Å². The standard InChI is InChI=1S/C20H26N2O4S/c1-5-26-19-12-8-17(9-13-19)16(3)21-20(23)14-22(27(4,24)25)18-10-6-15(2)7-11-18/h6-13,16H,5,14H2,1-4H3,(H,21,23)/t16-/m0/s1. The maximum absolute atomic E-state index is 12.5. The molecular weight excluding hydrogens is 364 g/mol. The van der Waals surface area contributed by atoms with Crippen LogP contribution < -0.4 is 14.4 Å². The molecule has 7 heteroatoms. The fourth-order valence-electron chi connectivity index (χ4n) is 2.63. The number of nitrogens with zero attached hydrogens (tertiary/aromatic N) is 1. The van der Waals surface area contributed by atoms with E-state index in [1.54, 1.807) is 12.1 Å². The van der Waals surface area contributed by atoms with E-state index in [-0.39, 0.29) is 18.5 Å². The molecule has 0 aliphatic heterocycles. The van der Waals surface area contributed by atoms with E-state index < -0.39 is 10.0 Å². The number of hydrogen-bond donors (Lipinski definition) is 1. The molecule has 0 saturated heterocycles. The van der Waals surface area contributed by atoms with Crippen LogP contribution in [0.3, 0.4) is 0 Å². The molecule has 1 amide bonds. The average molecular weight is 391 g/mol. The lowest BCUT2D eigenvalue weighted by molar-refractivity contribution is -0.120. The van der Waals surface area contributed by atoms with E-state index in [1.807, 2.05) is 57.2 Å². The van der Waals surface area contributed by atoms with Gasteiger partial charge >= 0.3 is 0 Å². The predicted molar refractivity (Wildman–Crippen MR) is 108 cm³/mol. The minimum atomic E-state index is -3.58. The lowest BCUT2D eigenvalue weighted by Crippen LogP contribution is -2.41. The van der Waals surface area contributed by atoms with Crippen LogP contribution in [0.2, 0.25) is 0 Å². The summed E-state index contributed by atoms with van der Waals surface area (Å²) in [6.45, 7) is 6.00. The van der Waals surface area contributed by atoms with Crippen molar-refractivity contribution < 1.29 is 17.9 Å². The van der Waals surface area contributed by atoms with E-state index >= 15 is 0 Å². The van der Waals surface area contributed by atoms with Gasteiger partial charge in [0.2, 0.25) is 15.9 Å². The van der Waals surface area contributed by atoms with Gasteiger partial charge < -0.3 is 10.1 Å². The molecule has 0 fully saturated rings. The fraction of sp³-hybridized carbons (Fsp3) is 0.350. The van der Waals surface area contributed by atoms with Gasteiger partial charge in [0.1, 0.15) is 12.3 Å². The van der Waals surface area contributed by atoms with Crippen molar-refractivity contribution in [2.24, 2.45) is 0 Å². The van der Waals surface area contributed by atoms with Crippen LogP contribution in [0, 0.1) is 6.92 Å². The van der Waals surface area contributed by atoms with Gasteiger partial charge in [0.25, 0.3) is 0 Å². The number of ether oxygens (including phenoxy) is 1. The molecule has 27 heavy (non-hydrogen) atoms. The van der Waals surface area contributed by atoms with Gasteiger partial charge in [-0.15, -0.1) is 0 Å². The third-order valence-corrected chi connectivity index (χ3v) is 5.22. The van der Waals surface area contributed by atoms with Gasteiger partial charge in [0, 0.05) is 0 Å². The molecule has 2 rings (SSSR count). The monoisotopic (exact) mass is 390 g/mol. The highest BCUT2D eigenvalue weighted by Crippen LogP contribution is 2.20. The van der Waals surface area contributed by atoms with E-state index in [4.69, 9.17) is 4.74 Å². The molecule has 1 atom stereocenters. The Balaban J connectivity index is 2.07. The number of carbonyl (C=O) groups is 1. The van der Waals surface area contributed by atoms with Gasteiger partial charge in [0.05, 0.1) is 24.6 Å². The third kappa shape index (κ3) is 5.99. The van der Waals surface area contributed by atoms with Crippen molar-refractivity contribution in [3.63, 3.8) is 0 Å². The highest BCUT2D eigenvalue weighted by atomic mass is 32.2. The highest BCUT2D eigenvalue weighted by molar-refractivity contribution is 7.92. The van der Waals surface area contributed by atoms with Crippen molar-refractivity contribution in [3.8, 4) is 5.75 Å². The first-order chi connectivity index (χ1) is 12.7. The number of benzene rings is 2. The second kappa shape index (κ2) is 8.90. The van der Waals surface area contributed by atoms with Crippen LogP contribution in [0.1, 0.15) is 31.0 Å². The van der Waals surface area contributed by atoms with Crippen molar-refractivity contribution in [1.82, 2.24) is 5.32 Å². The summed E-state index contributed by atoms with van der Waals surface area (Å²) in [5, 5.41) is 2.85. The zero-order valence-corrected chi connectivity index (χ0v) is 16.9. The fourth-order valence-corrected chi connectivity index (χ4v) is 3.49. The number of anilines is 1. The number of nitrogens with one attached hydrogen (secondary N) is 1. The van der Waals surface area contributed by atoms with E-state index in [2.05, 4.69) is 5.32 Å². The molecule has 2 aromatic carbocycles. The Labute approximate surface area is 161 Å². The summed E-state index contributed by atoms with van der Waals surface area (Å²) in [5.74, 6) is 0.393. The maximum Gasteiger partial charge on any atom is 0.241 e. The average Bonchev–Trinajstić information content (AvgIpc) is 2.60. The lowest BCUT2D eigenvalue weighted by atomic mass is 10.1. The Bertz CT molecular complexity index is 862. The van der Waals surface area contributed by atoms with Gasteiger partial charge in [-0.1, -0.05) is 29.8 Å². The molecule has 0 spiro atoms. The highest BCUT2D eigenvalue weighted by Gasteiger charge is 2.21. The number of rotatable bonds is 8. The quantitative estimate of drug-likeness (QED) is 0.752. The number of hydrogen-bond acceptors (Lipinski definition) is 4. The van der Waals surface area contributed by atoms with Gasteiger partial charge in [-0.05, 0) is 50.6 Å². The normalized spacial score (nSPS) is 12.3. The zero-order chi connectivity index (χ0) is 20.0. The first kappa shape index (κ1) is 20.8. The van der Waals surface area contributed by atoms with Crippen molar-refractivity contribution in [2.45, 2.75) is 26.8 Å². The van der Waals surface area contributed by atoms with E-state index in [0.717, 1.165) is 27.4 Å². The molecule has 0 radical (unpaired) electrons. The molecule has 0 heterocycles. The molecule has 1 N–H and O–H groups in total. The predicted octanol–water partition coefficient (Wildman–Crippen LogP) is 3.04. The second-order valence-corrected chi connectivity index (χ2v) is 8.30. The summed E-state index contributed by atoms with van der Waals surface area (Å²) >= 11 is 0. The van der Waals surface area contributed by atoms with E-state index in [9.17, 15) is 13.2 Å². The third-order valence-electron chi connectivity index (χ3n) is 4.08. The molecule has 0 aromatic heterocycles. The molecule has 146 valence electrons. The molecule has 0 bridgehead atoms. The molecule has 6 nitrogen and oxygen atoms in total. The molecule has 0 saturated carbocycles. The Kier molecular flexibility index (Phi) is 6.85. The smallest absolute Gasteiger partial charge is 0.241 e. The Morgan fingerprint density at radius 1 is 1.11 bits per heavy atom. The lowest BCUT2D eigenvalue weighted by Gasteiger charge is -2.23. The van der Waals surface area contributed by atoms with Gasteiger partial charge in [-0.2, -0.15) is 0 Å². The summed E-state index contributed by atoms with van der Waals surface area (Å²) in [6.07, 6.45) is 1.09. The SMILES string of the molecule is CCOc1ccc([C@H](C)NC(=O)CN(c2ccc(C)cc2)S(C)(=O)=O)cc1. The number of sulfonamides is 1. The van der Waals surface area contributed by atoms with Crippen LogP contribution in [0.25, 0.3) is 0 Å². The first-order valence-electron chi connectivity index (χ1n) is 8.77. The van der Waals surface area contributed by atoms with Crippen molar-refractivity contribution in [1.29, 1.82) is 0 Å². The van der Waals surface area contributed by atoms with E-state index in [1.165, 1.54) is 0 Å². The van der Waals surface area contributed by atoms with Crippen LogP contribution in [0.5, 0.6) is 5.75 Å². The van der Waals surface area contributed by atoms with Gasteiger partial charge in [-0.3, -0.25) is 9.10 Å². The van der Waals surface area contributed by atoms with Gasteiger partial charge in [-0.25, -0.2) is 8.42 Å². The number of carbonyl (C=O) groups excluding carboxylic acids is 1. The summed E-state index contributed by atoms with van der Waals surface area (Å²) in [6, 6.07) is 14.2. The van der Waals surface area contributed by atoms with Crippen molar-refractivity contribution >= 4 is 21.6 Å². The first-order valence-corrected chi connectivity index (χ1v) is 10.6. The molecule has 2 aromatic rings. The summed E-state index contributed by atoms with van der Waals surface area (Å²) in [4.78, 5) is 12.5. The summed E-state index contributed by atoms with van der Waals surface area (Å²) in [5.41, 5.74) is 2.39. The Morgan fingerprint density at radius 3 is 2.22 bits per heavy atom. The minimum Gasteiger partial charge on any atom is -0.494 e. The van der Waals surface area contributed by atoms with Crippen molar-refractivity contribution in [2.75, 3.05) is 23.7 Å². The molecule has 0 aliphatic rings. The molecular formula is C20H26N2O4S. The number of amides is 1. The Morgan fingerprint density at radius 2 is 1.70 bits per heavy atom. The molecule has 0 unspecified atom stereocenters. The topological polar surface area (TPSA) is 75.7 Å². The van der Waals surface area contributed by atoms with Crippen LogP contribution >= 0.6 is 0 Å². The molecule has 0 aliphatic carbocycles. The largest absolute Gasteiger partial charge is 0.494 e. The van der Waals surface area contributed by atoms with Gasteiger partial charge in [0.15, 0.2) is 0 Å².